The summed E-state index contributed by atoms with van der Waals surface area (Å²) in [5, 5.41) is 28.8. The number of carboxylic acids is 1. The van der Waals surface area contributed by atoms with Gasteiger partial charge in [0.2, 0.25) is 10.0 Å². The molecule has 0 aliphatic heterocycles. The minimum absolute atomic E-state index is 0.00638. The Kier molecular flexibility index (Phi) is 6.50. The number of furan rings is 1. The third-order valence-electron chi connectivity index (χ3n) is 6.51. The molecule has 0 amide bonds. The molecule has 38 heavy (non-hydrogen) atoms. The van der Waals surface area contributed by atoms with Crippen molar-refractivity contribution in [1.29, 1.82) is 0 Å². The van der Waals surface area contributed by atoms with Gasteiger partial charge in [-0.3, -0.25) is 4.31 Å². The Bertz CT molecular complexity index is 1670. The predicted molar refractivity (Wildman–Crippen MR) is 138 cm³/mol. The largest absolute Gasteiger partial charge is 0.491 e. The summed E-state index contributed by atoms with van der Waals surface area (Å²) >= 11 is 0. The van der Waals surface area contributed by atoms with Crippen LogP contribution in [0.1, 0.15) is 40.2 Å². The topological polar surface area (TPSA) is 128 Å². The monoisotopic (exact) mass is 541 g/mol. The van der Waals surface area contributed by atoms with E-state index in [-0.39, 0.29) is 51.5 Å². The summed E-state index contributed by atoms with van der Waals surface area (Å²) in [7, 11) is -5.93. The molecule has 1 heterocycles. The maximum Gasteiger partial charge on any atom is 0.491 e. The van der Waals surface area contributed by atoms with E-state index in [1.807, 2.05) is 0 Å². The first-order valence-corrected chi connectivity index (χ1v) is 13.5. The van der Waals surface area contributed by atoms with E-state index in [9.17, 15) is 37.1 Å². The number of fused-ring (bicyclic) bond motifs is 1. The number of hydrogen-bond acceptors (Lipinski definition) is 6. The molecule has 4 aromatic rings. The summed E-state index contributed by atoms with van der Waals surface area (Å²) in [6, 6.07) is 11.8. The number of halogens is 2. The Labute approximate surface area is 216 Å². The summed E-state index contributed by atoms with van der Waals surface area (Å²) in [5.74, 6) is -2.64. The molecule has 3 N–H and O–H groups in total. The number of anilines is 1. The van der Waals surface area contributed by atoms with Crippen LogP contribution >= 0.6 is 0 Å². The van der Waals surface area contributed by atoms with Gasteiger partial charge < -0.3 is 19.6 Å². The van der Waals surface area contributed by atoms with Crippen molar-refractivity contribution in [1.82, 2.24) is 0 Å². The number of benzene rings is 3. The average Bonchev–Trinajstić information content (AvgIpc) is 3.61. The summed E-state index contributed by atoms with van der Waals surface area (Å²) in [6.07, 6.45) is 2.56. The Morgan fingerprint density at radius 1 is 1.08 bits per heavy atom. The SMILES string of the molecule is CS(=O)(=O)N(Cc1ccc(B(O)O)c(F)c1)c1cc2oc(-c3ccc(F)cc3)c(C(=O)O)c2cc1C1CC1. The third-order valence-corrected chi connectivity index (χ3v) is 7.64. The quantitative estimate of drug-likeness (QED) is 0.291. The number of sulfonamides is 1. The molecule has 0 atom stereocenters. The van der Waals surface area contributed by atoms with Gasteiger partial charge in [-0.2, -0.15) is 0 Å². The van der Waals surface area contributed by atoms with Gasteiger partial charge in [-0.1, -0.05) is 12.1 Å². The van der Waals surface area contributed by atoms with E-state index in [2.05, 4.69) is 0 Å². The molecule has 1 saturated carbocycles. The van der Waals surface area contributed by atoms with Crippen LogP contribution in [0, 0.1) is 11.6 Å². The second-order valence-electron chi connectivity index (χ2n) is 9.30. The molecule has 0 spiro atoms. The second kappa shape index (κ2) is 9.53. The first kappa shape index (κ1) is 25.9. The highest BCUT2D eigenvalue weighted by Crippen LogP contribution is 2.48. The summed E-state index contributed by atoms with van der Waals surface area (Å²) in [5.41, 5.74) is 1.15. The first-order chi connectivity index (χ1) is 17.9. The van der Waals surface area contributed by atoms with Crippen molar-refractivity contribution in [2.75, 3.05) is 10.6 Å². The van der Waals surface area contributed by atoms with Crippen molar-refractivity contribution < 1.29 is 41.6 Å². The number of nitrogens with zero attached hydrogens (tertiary/aromatic N) is 1. The lowest BCUT2D eigenvalue weighted by Gasteiger charge is -2.25. The number of hydrogen-bond donors (Lipinski definition) is 3. The molecule has 5 rings (SSSR count). The molecule has 8 nitrogen and oxygen atoms in total. The van der Waals surface area contributed by atoms with E-state index in [0.29, 0.717) is 11.1 Å². The molecule has 3 aromatic carbocycles. The predicted octanol–water partition coefficient (Wildman–Crippen LogP) is 3.60. The number of aromatic carboxylic acids is 1. The van der Waals surface area contributed by atoms with E-state index in [1.165, 1.54) is 42.5 Å². The second-order valence-corrected chi connectivity index (χ2v) is 11.2. The van der Waals surface area contributed by atoms with E-state index in [4.69, 9.17) is 4.42 Å². The molecule has 0 saturated heterocycles. The van der Waals surface area contributed by atoms with Crippen molar-refractivity contribution in [2.24, 2.45) is 0 Å². The van der Waals surface area contributed by atoms with Crippen LogP contribution in [-0.4, -0.2) is 42.9 Å². The summed E-state index contributed by atoms with van der Waals surface area (Å²) in [6.45, 7) is -0.264. The lowest BCUT2D eigenvalue weighted by atomic mass is 9.79. The van der Waals surface area contributed by atoms with Gasteiger partial charge in [-0.25, -0.2) is 22.0 Å². The van der Waals surface area contributed by atoms with Crippen molar-refractivity contribution in [3.63, 3.8) is 0 Å². The normalized spacial score (nSPS) is 13.6. The molecule has 1 aromatic heterocycles. The van der Waals surface area contributed by atoms with Gasteiger partial charge in [0.15, 0.2) is 0 Å². The van der Waals surface area contributed by atoms with Crippen LogP contribution in [0.2, 0.25) is 0 Å². The van der Waals surface area contributed by atoms with Gasteiger partial charge in [0, 0.05) is 22.5 Å². The standard InChI is InChI=1S/C26H22BF2NO7S/c1-38(35,36)30(13-14-2-9-20(27(33)34)21(29)10-14)22-12-23-19(11-18(22)15-3-4-15)24(26(31)32)25(37-23)16-5-7-17(28)8-6-16/h2,5-12,15,33-34H,3-4,13H2,1H3,(H,31,32). The molecule has 196 valence electrons. The van der Waals surface area contributed by atoms with Crippen LogP contribution in [0.15, 0.2) is 59.0 Å². The molecule has 0 unspecified atom stereocenters. The van der Waals surface area contributed by atoms with Crippen LogP contribution in [0.3, 0.4) is 0 Å². The minimum atomic E-state index is -3.92. The van der Waals surface area contributed by atoms with Crippen molar-refractivity contribution in [3.8, 4) is 11.3 Å². The minimum Gasteiger partial charge on any atom is -0.478 e. The molecule has 1 fully saturated rings. The Balaban J connectivity index is 1.68. The zero-order valence-electron chi connectivity index (χ0n) is 20.1. The van der Waals surface area contributed by atoms with Crippen LogP contribution in [-0.2, 0) is 16.6 Å². The highest BCUT2D eigenvalue weighted by atomic mass is 32.2. The Morgan fingerprint density at radius 3 is 2.32 bits per heavy atom. The van der Waals surface area contributed by atoms with Crippen molar-refractivity contribution in [2.45, 2.75) is 25.3 Å². The molecule has 0 radical (unpaired) electrons. The van der Waals surface area contributed by atoms with E-state index >= 15 is 0 Å². The van der Waals surface area contributed by atoms with Gasteiger partial charge in [0.1, 0.15) is 28.5 Å². The zero-order valence-corrected chi connectivity index (χ0v) is 20.9. The van der Waals surface area contributed by atoms with Gasteiger partial charge >= 0.3 is 13.1 Å². The molecule has 12 heteroatoms. The first-order valence-electron chi connectivity index (χ1n) is 11.7. The lowest BCUT2D eigenvalue weighted by molar-refractivity contribution is 0.0699. The average molecular weight is 541 g/mol. The number of carboxylic acid groups (broad SMARTS) is 1. The molecular weight excluding hydrogens is 519 g/mol. The Hall–Kier alpha value is -3.74. The van der Waals surface area contributed by atoms with E-state index < -0.39 is 34.7 Å². The van der Waals surface area contributed by atoms with Gasteiger partial charge in [-0.05, 0) is 66.3 Å². The van der Waals surface area contributed by atoms with E-state index in [0.717, 1.165) is 29.5 Å². The molecule has 0 bridgehead atoms. The Morgan fingerprint density at radius 2 is 1.76 bits per heavy atom. The maximum atomic E-state index is 14.4. The number of rotatable bonds is 8. The fourth-order valence-corrected chi connectivity index (χ4v) is 5.43. The van der Waals surface area contributed by atoms with Gasteiger partial charge in [-0.15, -0.1) is 0 Å². The third kappa shape index (κ3) is 4.90. The smallest absolute Gasteiger partial charge is 0.478 e. The van der Waals surface area contributed by atoms with Crippen LogP contribution < -0.4 is 9.77 Å². The van der Waals surface area contributed by atoms with E-state index in [1.54, 1.807) is 6.07 Å². The molecule has 1 aliphatic carbocycles. The van der Waals surface area contributed by atoms with Crippen LogP contribution in [0.4, 0.5) is 14.5 Å². The summed E-state index contributed by atoms with van der Waals surface area (Å²) < 4.78 is 60.8. The zero-order chi connectivity index (χ0) is 27.4. The summed E-state index contributed by atoms with van der Waals surface area (Å²) in [4.78, 5) is 12.2. The van der Waals surface area contributed by atoms with Crippen molar-refractivity contribution in [3.05, 3.63) is 82.9 Å². The molecular formula is C26H22BF2NO7S. The number of carbonyl (C=O) groups is 1. The van der Waals surface area contributed by atoms with Gasteiger partial charge in [0.25, 0.3) is 0 Å². The van der Waals surface area contributed by atoms with Crippen molar-refractivity contribution >= 4 is 45.2 Å². The van der Waals surface area contributed by atoms with Gasteiger partial charge in [0.05, 0.1) is 18.5 Å². The molecule has 1 aliphatic rings. The fourth-order valence-electron chi connectivity index (χ4n) is 4.53. The van der Waals surface area contributed by atoms with Crippen LogP contribution in [0.25, 0.3) is 22.3 Å². The highest BCUT2D eigenvalue weighted by molar-refractivity contribution is 7.92. The maximum absolute atomic E-state index is 14.4. The fraction of sp³-hybridized carbons (Fsp3) is 0.192. The lowest BCUT2D eigenvalue weighted by Crippen LogP contribution is -2.34. The van der Waals surface area contributed by atoms with Crippen LogP contribution in [0.5, 0.6) is 0 Å². The highest BCUT2D eigenvalue weighted by Gasteiger charge is 2.33.